The molecule has 0 radical (unpaired) electrons. The molecule has 1 fully saturated rings. The summed E-state index contributed by atoms with van der Waals surface area (Å²) in [7, 11) is 0. The summed E-state index contributed by atoms with van der Waals surface area (Å²) < 4.78 is 25.3. The van der Waals surface area contributed by atoms with Crippen LogP contribution < -0.4 is 5.32 Å². The van der Waals surface area contributed by atoms with Crippen molar-refractivity contribution in [3.63, 3.8) is 0 Å². The van der Waals surface area contributed by atoms with Crippen molar-refractivity contribution in [2.24, 2.45) is 0 Å². The SMILES string of the molecule is O=C1CCCNCCC1(F)F. The Morgan fingerprint density at radius 2 is 2.09 bits per heavy atom. The molecule has 0 aliphatic carbocycles. The molecule has 1 N–H and O–H groups in total. The zero-order chi connectivity index (χ0) is 8.32. The van der Waals surface area contributed by atoms with Gasteiger partial charge >= 0.3 is 5.92 Å². The summed E-state index contributed by atoms with van der Waals surface area (Å²) in [4.78, 5) is 10.7. The standard InChI is InChI=1S/C7H11F2NO/c8-7(9)3-5-10-4-1-2-6(7)11/h10H,1-5H2. The first-order chi connectivity index (χ1) is 5.13. The molecule has 0 aromatic heterocycles. The number of halogens is 2. The number of ketones is 1. The van der Waals surface area contributed by atoms with Gasteiger partial charge in [0.1, 0.15) is 0 Å². The molecule has 1 heterocycles. The van der Waals surface area contributed by atoms with Crippen LogP contribution in [0, 0.1) is 0 Å². The Kier molecular flexibility index (Phi) is 2.54. The molecule has 1 saturated heterocycles. The lowest BCUT2D eigenvalue weighted by atomic mass is 10.0. The van der Waals surface area contributed by atoms with Crippen molar-refractivity contribution in [2.75, 3.05) is 13.1 Å². The molecule has 0 unspecified atom stereocenters. The summed E-state index contributed by atoms with van der Waals surface area (Å²) in [5, 5.41) is 2.83. The van der Waals surface area contributed by atoms with Crippen molar-refractivity contribution in [1.29, 1.82) is 0 Å². The van der Waals surface area contributed by atoms with Crippen LogP contribution in [0.2, 0.25) is 0 Å². The van der Waals surface area contributed by atoms with Crippen LogP contribution >= 0.6 is 0 Å². The predicted octanol–water partition coefficient (Wildman–Crippen LogP) is 0.964. The largest absolute Gasteiger partial charge is 0.316 e. The van der Waals surface area contributed by atoms with Crippen molar-refractivity contribution < 1.29 is 13.6 Å². The lowest BCUT2D eigenvalue weighted by Gasteiger charge is -2.18. The molecule has 0 spiro atoms. The van der Waals surface area contributed by atoms with Gasteiger partial charge in [-0.2, -0.15) is 8.78 Å². The molecule has 0 bridgehead atoms. The van der Waals surface area contributed by atoms with Crippen LogP contribution in [0.5, 0.6) is 0 Å². The molecule has 0 amide bonds. The summed E-state index contributed by atoms with van der Waals surface area (Å²) >= 11 is 0. The Hall–Kier alpha value is -0.510. The molecular weight excluding hydrogens is 152 g/mol. The highest BCUT2D eigenvalue weighted by Gasteiger charge is 2.37. The van der Waals surface area contributed by atoms with Gasteiger partial charge in [-0.3, -0.25) is 4.79 Å². The maximum atomic E-state index is 12.6. The summed E-state index contributed by atoms with van der Waals surface area (Å²) in [5.74, 6) is -3.99. The summed E-state index contributed by atoms with van der Waals surface area (Å²) in [6.45, 7) is 0.903. The molecule has 0 atom stereocenters. The first-order valence-electron chi connectivity index (χ1n) is 3.75. The lowest BCUT2D eigenvalue weighted by Crippen LogP contribution is -2.36. The van der Waals surface area contributed by atoms with Gasteiger partial charge in [0, 0.05) is 19.4 Å². The Morgan fingerprint density at radius 1 is 1.36 bits per heavy atom. The van der Waals surface area contributed by atoms with E-state index in [2.05, 4.69) is 5.32 Å². The molecule has 0 saturated carbocycles. The Morgan fingerprint density at radius 3 is 2.82 bits per heavy atom. The number of Topliss-reactive ketones (excluding diaryl/α,β-unsaturated/α-hetero) is 1. The molecule has 4 heteroatoms. The Bertz CT molecular complexity index is 159. The van der Waals surface area contributed by atoms with Crippen molar-refractivity contribution >= 4 is 5.78 Å². The molecule has 1 rings (SSSR count). The van der Waals surface area contributed by atoms with Crippen molar-refractivity contribution in [1.82, 2.24) is 5.32 Å². The van der Waals surface area contributed by atoms with E-state index in [9.17, 15) is 13.6 Å². The fourth-order valence-electron chi connectivity index (χ4n) is 1.07. The minimum Gasteiger partial charge on any atom is -0.316 e. The third-order valence-corrected chi connectivity index (χ3v) is 1.78. The van der Waals surface area contributed by atoms with Crippen LogP contribution in [0.15, 0.2) is 0 Å². The Balaban J connectivity index is 2.54. The van der Waals surface area contributed by atoms with Gasteiger partial charge < -0.3 is 5.32 Å². The third-order valence-electron chi connectivity index (χ3n) is 1.78. The van der Waals surface area contributed by atoms with E-state index < -0.39 is 11.7 Å². The average molecular weight is 163 g/mol. The van der Waals surface area contributed by atoms with Crippen LogP contribution in [0.3, 0.4) is 0 Å². The zero-order valence-electron chi connectivity index (χ0n) is 6.20. The van der Waals surface area contributed by atoms with Gasteiger partial charge in [-0.25, -0.2) is 0 Å². The Labute approximate surface area is 64.0 Å². The maximum Gasteiger partial charge on any atom is 0.306 e. The van der Waals surface area contributed by atoms with Crippen molar-refractivity contribution in [3.8, 4) is 0 Å². The average Bonchev–Trinajstić information content (AvgIpc) is 1.93. The van der Waals surface area contributed by atoms with Gasteiger partial charge in [0.25, 0.3) is 0 Å². The van der Waals surface area contributed by atoms with Crippen molar-refractivity contribution in [3.05, 3.63) is 0 Å². The van der Waals surface area contributed by atoms with E-state index in [-0.39, 0.29) is 19.4 Å². The van der Waals surface area contributed by atoms with Crippen LogP contribution in [0.4, 0.5) is 8.78 Å². The van der Waals surface area contributed by atoms with E-state index in [1.807, 2.05) is 0 Å². The minimum absolute atomic E-state index is 0. The van der Waals surface area contributed by atoms with Crippen LogP contribution in [0.25, 0.3) is 0 Å². The first kappa shape index (κ1) is 8.59. The smallest absolute Gasteiger partial charge is 0.306 e. The number of rotatable bonds is 0. The molecule has 0 aromatic rings. The summed E-state index contributed by atoms with van der Waals surface area (Å²) in [6.07, 6.45) is 0.167. The fraction of sp³-hybridized carbons (Fsp3) is 0.857. The number of nitrogens with one attached hydrogen (secondary N) is 1. The molecule has 2 nitrogen and oxygen atoms in total. The second-order valence-electron chi connectivity index (χ2n) is 2.73. The van der Waals surface area contributed by atoms with Crippen molar-refractivity contribution in [2.45, 2.75) is 25.2 Å². The number of carbonyl (C=O) groups excluding carboxylic acids is 1. The van der Waals surface area contributed by atoms with E-state index in [1.165, 1.54) is 0 Å². The topological polar surface area (TPSA) is 29.1 Å². The van der Waals surface area contributed by atoms with E-state index in [1.54, 1.807) is 0 Å². The third kappa shape index (κ3) is 2.22. The van der Waals surface area contributed by atoms with Gasteiger partial charge in [0.15, 0.2) is 0 Å². The molecule has 11 heavy (non-hydrogen) atoms. The normalized spacial score (nSPS) is 25.8. The van der Waals surface area contributed by atoms with E-state index in [0.717, 1.165) is 0 Å². The van der Waals surface area contributed by atoms with Gasteiger partial charge in [-0.1, -0.05) is 0 Å². The van der Waals surface area contributed by atoms with Gasteiger partial charge in [0.2, 0.25) is 5.78 Å². The fourth-order valence-corrected chi connectivity index (χ4v) is 1.07. The second-order valence-corrected chi connectivity index (χ2v) is 2.73. The zero-order valence-corrected chi connectivity index (χ0v) is 6.20. The molecular formula is C7H11F2NO. The minimum atomic E-state index is -3.09. The monoisotopic (exact) mass is 163 g/mol. The second kappa shape index (κ2) is 3.26. The van der Waals surface area contributed by atoms with Gasteiger partial charge in [-0.15, -0.1) is 0 Å². The highest BCUT2D eigenvalue weighted by Crippen LogP contribution is 2.22. The van der Waals surface area contributed by atoms with Crippen LogP contribution in [-0.2, 0) is 4.79 Å². The quantitative estimate of drug-likeness (QED) is 0.576. The highest BCUT2D eigenvalue weighted by molar-refractivity contribution is 5.85. The first-order valence-corrected chi connectivity index (χ1v) is 3.75. The maximum absolute atomic E-state index is 12.6. The van der Waals surface area contributed by atoms with Gasteiger partial charge in [-0.05, 0) is 13.0 Å². The number of hydrogen-bond donors (Lipinski definition) is 1. The molecule has 1 aliphatic rings. The molecule has 1 aliphatic heterocycles. The number of alkyl halides is 2. The van der Waals surface area contributed by atoms with Crippen LogP contribution in [0.1, 0.15) is 19.3 Å². The van der Waals surface area contributed by atoms with E-state index in [4.69, 9.17) is 0 Å². The summed E-state index contributed by atoms with van der Waals surface area (Å²) in [5.41, 5.74) is 0. The van der Waals surface area contributed by atoms with E-state index in [0.29, 0.717) is 13.0 Å². The number of carbonyl (C=O) groups is 1. The summed E-state index contributed by atoms with van der Waals surface area (Å²) in [6, 6.07) is 0. The number of hydrogen-bond acceptors (Lipinski definition) is 2. The molecule has 64 valence electrons. The van der Waals surface area contributed by atoms with Gasteiger partial charge in [0.05, 0.1) is 0 Å². The predicted molar refractivity (Wildman–Crippen MR) is 36.7 cm³/mol. The molecule has 0 aromatic carbocycles. The lowest BCUT2D eigenvalue weighted by molar-refractivity contribution is -0.144. The van der Waals surface area contributed by atoms with Crippen LogP contribution in [-0.4, -0.2) is 24.8 Å². The highest BCUT2D eigenvalue weighted by atomic mass is 19.3. The van der Waals surface area contributed by atoms with E-state index >= 15 is 0 Å².